The van der Waals surface area contributed by atoms with Crippen molar-refractivity contribution < 1.29 is 0 Å². The third kappa shape index (κ3) is 2.55. The van der Waals surface area contributed by atoms with Crippen LogP contribution in [0.2, 0.25) is 0 Å². The second kappa shape index (κ2) is 4.73. The van der Waals surface area contributed by atoms with Crippen LogP contribution in [0.4, 0.5) is 0 Å². The van der Waals surface area contributed by atoms with Gasteiger partial charge in [-0.15, -0.1) is 0 Å². The summed E-state index contributed by atoms with van der Waals surface area (Å²) in [5, 5.41) is 0. The Labute approximate surface area is 91.7 Å². The van der Waals surface area contributed by atoms with Crippen molar-refractivity contribution in [2.24, 2.45) is 0 Å². The summed E-state index contributed by atoms with van der Waals surface area (Å²) in [4.78, 5) is 8.96. The predicted octanol–water partition coefficient (Wildman–Crippen LogP) is 1.74. The minimum atomic E-state index is 0.570. The Morgan fingerprint density at radius 1 is 1.53 bits per heavy atom. The number of hydrogen-bond acceptors (Lipinski definition) is 3. The maximum Gasteiger partial charge on any atom is 0.0506 e. The molecule has 0 radical (unpaired) electrons. The number of aromatic nitrogens is 1. The Kier molecular flexibility index (Phi) is 3.34. The van der Waals surface area contributed by atoms with E-state index in [1.54, 1.807) is 0 Å². The molecule has 1 saturated heterocycles. The third-order valence-corrected chi connectivity index (χ3v) is 2.90. The fraction of sp³-hybridized carbons (Fsp3) is 0.583. The van der Waals surface area contributed by atoms with Gasteiger partial charge >= 0.3 is 0 Å². The maximum absolute atomic E-state index is 4.20. The SMILES string of the molecule is CN(C)CN1CCCC1c1cccnc1. The van der Waals surface area contributed by atoms with Gasteiger partial charge in [-0.25, -0.2) is 0 Å². The third-order valence-electron chi connectivity index (χ3n) is 2.90. The highest BCUT2D eigenvalue weighted by Crippen LogP contribution is 2.30. The van der Waals surface area contributed by atoms with Crippen LogP contribution in [0, 0.1) is 0 Å². The summed E-state index contributed by atoms with van der Waals surface area (Å²) in [6, 6.07) is 4.79. The fourth-order valence-electron chi connectivity index (χ4n) is 2.31. The first-order valence-electron chi connectivity index (χ1n) is 5.56. The van der Waals surface area contributed by atoms with Crippen molar-refractivity contribution >= 4 is 0 Å². The molecule has 1 unspecified atom stereocenters. The van der Waals surface area contributed by atoms with Gasteiger partial charge in [0.2, 0.25) is 0 Å². The van der Waals surface area contributed by atoms with Crippen molar-refractivity contribution in [1.82, 2.24) is 14.8 Å². The molecule has 0 N–H and O–H groups in total. The summed E-state index contributed by atoms with van der Waals surface area (Å²) in [6.07, 6.45) is 6.40. The quantitative estimate of drug-likeness (QED) is 0.749. The van der Waals surface area contributed by atoms with Gasteiger partial charge in [0.15, 0.2) is 0 Å². The van der Waals surface area contributed by atoms with E-state index in [9.17, 15) is 0 Å². The molecule has 1 fully saturated rings. The second-order valence-electron chi connectivity index (χ2n) is 4.48. The van der Waals surface area contributed by atoms with Crippen LogP contribution < -0.4 is 0 Å². The number of pyridine rings is 1. The molecule has 2 rings (SSSR count). The van der Waals surface area contributed by atoms with Crippen LogP contribution in [-0.2, 0) is 0 Å². The molecule has 0 spiro atoms. The molecule has 1 aliphatic rings. The van der Waals surface area contributed by atoms with Gasteiger partial charge < -0.3 is 0 Å². The lowest BCUT2D eigenvalue weighted by Gasteiger charge is -2.27. The highest BCUT2D eigenvalue weighted by Gasteiger charge is 2.25. The van der Waals surface area contributed by atoms with E-state index in [1.807, 2.05) is 18.5 Å². The summed E-state index contributed by atoms with van der Waals surface area (Å²) >= 11 is 0. The number of likely N-dealkylation sites (tertiary alicyclic amines) is 1. The van der Waals surface area contributed by atoms with Gasteiger partial charge in [0.05, 0.1) is 6.67 Å². The Bertz CT molecular complexity index is 297. The molecule has 1 aromatic rings. The molecule has 1 aliphatic heterocycles. The molecule has 0 aromatic carbocycles. The van der Waals surface area contributed by atoms with Crippen LogP contribution in [0.15, 0.2) is 24.5 Å². The number of nitrogens with zero attached hydrogens (tertiary/aromatic N) is 3. The lowest BCUT2D eigenvalue weighted by atomic mass is 10.1. The smallest absolute Gasteiger partial charge is 0.0506 e. The first kappa shape index (κ1) is 10.6. The summed E-state index contributed by atoms with van der Waals surface area (Å²) < 4.78 is 0. The zero-order valence-electron chi connectivity index (χ0n) is 9.56. The van der Waals surface area contributed by atoms with Crippen molar-refractivity contribution in [3.05, 3.63) is 30.1 Å². The second-order valence-corrected chi connectivity index (χ2v) is 4.48. The Hall–Kier alpha value is -0.930. The van der Waals surface area contributed by atoms with Crippen molar-refractivity contribution in [2.75, 3.05) is 27.3 Å². The van der Waals surface area contributed by atoms with Gasteiger partial charge in [-0.2, -0.15) is 0 Å². The Balaban J connectivity index is 2.08. The van der Waals surface area contributed by atoms with E-state index < -0.39 is 0 Å². The van der Waals surface area contributed by atoms with Crippen molar-refractivity contribution in [2.45, 2.75) is 18.9 Å². The van der Waals surface area contributed by atoms with E-state index >= 15 is 0 Å². The van der Waals surface area contributed by atoms with E-state index in [4.69, 9.17) is 0 Å². The van der Waals surface area contributed by atoms with E-state index in [-0.39, 0.29) is 0 Å². The normalized spacial score (nSPS) is 22.5. The molecule has 0 bridgehead atoms. The van der Waals surface area contributed by atoms with Gasteiger partial charge in [-0.1, -0.05) is 6.07 Å². The van der Waals surface area contributed by atoms with Crippen LogP contribution in [-0.4, -0.2) is 42.1 Å². The number of hydrogen-bond donors (Lipinski definition) is 0. The van der Waals surface area contributed by atoms with E-state index in [2.05, 4.69) is 34.9 Å². The lowest BCUT2D eigenvalue weighted by molar-refractivity contribution is 0.163. The van der Waals surface area contributed by atoms with Gasteiger partial charge in [-0.3, -0.25) is 14.8 Å². The Morgan fingerprint density at radius 2 is 2.40 bits per heavy atom. The largest absolute Gasteiger partial charge is 0.297 e. The number of rotatable bonds is 3. The van der Waals surface area contributed by atoms with E-state index in [0.717, 1.165) is 6.67 Å². The fourth-order valence-corrected chi connectivity index (χ4v) is 2.31. The summed E-state index contributed by atoms with van der Waals surface area (Å²) in [5.74, 6) is 0. The highest BCUT2D eigenvalue weighted by atomic mass is 15.3. The summed E-state index contributed by atoms with van der Waals surface area (Å²) in [7, 11) is 4.25. The molecule has 0 aliphatic carbocycles. The monoisotopic (exact) mass is 205 g/mol. The van der Waals surface area contributed by atoms with Crippen LogP contribution in [0.1, 0.15) is 24.4 Å². The van der Waals surface area contributed by atoms with Crippen LogP contribution >= 0.6 is 0 Å². The van der Waals surface area contributed by atoms with Crippen LogP contribution in [0.3, 0.4) is 0 Å². The molecule has 82 valence electrons. The van der Waals surface area contributed by atoms with Crippen LogP contribution in [0.25, 0.3) is 0 Å². The molecule has 15 heavy (non-hydrogen) atoms. The van der Waals surface area contributed by atoms with Gasteiger partial charge in [0.25, 0.3) is 0 Å². The molecule has 0 saturated carbocycles. The van der Waals surface area contributed by atoms with Crippen LogP contribution in [0.5, 0.6) is 0 Å². The molecule has 2 heterocycles. The van der Waals surface area contributed by atoms with Crippen molar-refractivity contribution in [3.8, 4) is 0 Å². The highest BCUT2D eigenvalue weighted by molar-refractivity contribution is 5.15. The minimum absolute atomic E-state index is 0.570. The summed E-state index contributed by atoms with van der Waals surface area (Å²) in [6.45, 7) is 2.25. The predicted molar refractivity (Wildman–Crippen MR) is 61.5 cm³/mol. The molecule has 0 amide bonds. The average molecular weight is 205 g/mol. The first-order chi connectivity index (χ1) is 7.27. The van der Waals surface area contributed by atoms with Gasteiger partial charge in [0, 0.05) is 25.0 Å². The Morgan fingerprint density at radius 3 is 3.07 bits per heavy atom. The van der Waals surface area contributed by atoms with Crippen molar-refractivity contribution in [3.63, 3.8) is 0 Å². The zero-order valence-corrected chi connectivity index (χ0v) is 9.56. The molecule has 1 atom stereocenters. The molecule has 3 heteroatoms. The molecule has 1 aromatic heterocycles. The van der Waals surface area contributed by atoms with E-state index in [0.29, 0.717) is 6.04 Å². The van der Waals surface area contributed by atoms with Gasteiger partial charge in [0.1, 0.15) is 0 Å². The minimum Gasteiger partial charge on any atom is -0.297 e. The van der Waals surface area contributed by atoms with Crippen molar-refractivity contribution in [1.29, 1.82) is 0 Å². The molecular formula is C12H19N3. The lowest BCUT2D eigenvalue weighted by Crippen LogP contribution is -2.33. The maximum atomic E-state index is 4.20. The van der Waals surface area contributed by atoms with E-state index in [1.165, 1.54) is 24.9 Å². The molecular weight excluding hydrogens is 186 g/mol. The summed E-state index contributed by atoms with van der Waals surface area (Å²) in [5.41, 5.74) is 1.36. The topological polar surface area (TPSA) is 19.4 Å². The van der Waals surface area contributed by atoms with Gasteiger partial charge in [-0.05, 0) is 38.6 Å². The molecule has 3 nitrogen and oxygen atoms in total. The first-order valence-corrected chi connectivity index (χ1v) is 5.56. The zero-order chi connectivity index (χ0) is 10.7. The average Bonchev–Trinajstić information content (AvgIpc) is 2.66. The standard InChI is InChI=1S/C12H19N3/c1-14(2)10-15-8-4-6-12(15)11-5-3-7-13-9-11/h3,5,7,9,12H,4,6,8,10H2,1-2H3.